The number of benzene rings is 2. The molecule has 2 aromatic rings. The van der Waals surface area contributed by atoms with Gasteiger partial charge in [-0.1, -0.05) is 38.1 Å². The molecule has 0 heterocycles. The summed E-state index contributed by atoms with van der Waals surface area (Å²) in [6.07, 6.45) is 0. The first-order valence-electron chi connectivity index (χ1n) is 8.46. The number of nitrogens with one attached hydrogen (secondary N) is 1. The van der Waals surface area contributed by atoms with Gasteiger partial charge in [0.05, 0.1) is 14.2 Å². The standard InChI is InChI=1S/C19H25FN2O4S.ClH/c1-12(2)13-5-7-14(8-6-13)16(21)11-22-27(23,24)19-10-18(26-4)17(25-3)9-15(19)20;/h5-10,12,16,22H,11,21H2,1-4H3;1H. The number of halogens is 2. The molecule has 0 aliphatic carbocycles. The molecule has 0 bridgehead atoms. The Bertz CT molecular complexity index is 890. The van der Waals surface area contributed by atoms with E-state index in [1.165, 1.54) is 19.8 Å². The number of hydrogen-bond donors (Lipinski definition) is 2. The summed E-state index contributed by atoms with van der Waals surface area (Å²) in [5.41, 5.74) is 8.03. The van der Waals surface area contributed by atoms with Crippen LogP contribution in [0, 0.1) is 5.82 Å². The van der Waals surface area contributed by atoms with E-state index in [0.717, 1.165) is 17.7 Å². The molecule has 0 radical (unpaired) electrons. The average molecular weight is 433 g/mol. The molecule has 0 aliphatic heterocycles. The molecule has 0 amide bonds. The van der Waals surface area contributed by atoms with E-state index in [0.29, 0.717) is 5.92 Å². The molecule has 6 nitrogen and oxygen atoms in total. The SMILES string of the molecule is COc1cc(F)c(S(=O)(=O)NCC(N)c2ccc(C(C)C)cc2)cc1OC.Cl. The molecule has 0 saturated heterocycles. The highest BCUT2D eigenvalue weighted by molar-refractivity contribution is 7.89. The lowest BCUT2D eigenvalue weighted by atomic mass is 9.99. The molecule has 1 unspecified atom stereocenters. The smallest absolute Gasteiger partial charge is 0.243 e. The van der Waals surface area contributed by atoms with Crippen LogP contribution in [0.1, 0.15) is 36.9 Å². The minimum Gasteiger partial charge on any atom is -0.493 e. The molecular weight excluding hydrogens is 407 g/mol. The second kappa shape index (κ2) is 10.1. The van der Waals surface area contributed by atoms with E-state index in [2.05, 4.69) is 18.6 Å². The van der Waals surface area contributed by atoms with E-state index >= 15 is 0 Å². The predicted octanol–water partition coefficient (Wildman–Crippen LogP) is 3.37. The Hall–Kier alpha value is -1.87. The van der Waals surface area contributed by atoms with Gasteiger partial charge in [-0.3, -0.25) is 0 Å². The van der Waals surface area contributed by atoms with Gasteiger partial charge in [-0.25, -0.2) is 17.5 Å². The van der Waals surface area contributed by atoms with Gasteiger partial charge < -0.3 is 15.2 Å². The molecule has 2 rings (SSSR count). The number of hydrogen-bond acceptors (Lipinski definition) is 5. The second-order valence-corrected chi connectivity index (χ2v) is 8.15. The van der Waals surface area contributed by atoms with Gasteiger partial charge in [0.15, 0.2) is 11.5 Å². The summed E-state index contributed by atoms with van der Waals surface area (Å²) < 4.78 is 51.6. The van der Waals surface area contributed by atoms with Gasteiger partial charge >= 0.3 is 0 Å². The normalized spacial score (nSPS) is 12.4. The van der Waals surface area contributed by atoms with Crippen LogP contribution >= 0.6 is 12.4 Å². The molecule has 0 fully saturated rings. The zero-order valence-electron chi connectivity index (χ0n) is 16.2. The van der Waals surface area contributed by atoms with Gasteiger partial charge in [-0.15, -0.1) is 12.4 Å². The summed E-state index contributed by atoms with van der Waals surface area (Å²) in [4.78, 5) is -0.525. The van der Waals surface area contributed by atoms with E-state index in [9.17, 15) is 12.8 Å². The molecule has 156 valence electrons. The Morgan fingerprint density at radius 3 is 2.04 bits per heavy atom. The highest BCUT2D eigenvalue weighted by Crippen LogP contribution is 2.31. The van der Waals surface area contributed by atoms with Gasteiger partial charge in [0.25, 0.3) is 0 Å². The maximum Gasteiger partial charge on any atom is 0.243 e. The van der Waals surface area contributed by atoms with Crippen molar-refractivity contribution in [3.63, 3.8) is 0 Å². The lowest BCUT2D eigenvalue weighted by molar-refractivity contribution is 0.350. The van der Waals surface area contributed by atoms with Crippen LogP contribution in [0.3, 0.4) is 0 Å². The lowest BCUT2D eigenvalue weighted by Gasteiger charge is -2.16. The summed E-state index contributed by atoms with van der Waals surface area (Å²) in [7, 11) is -1.43. The van der Waals surface area contributed by atoms with Crippen LogP contribution in [0.25, 0.3) is 0 Å². The maximum absolute atomic E-state index is 14.2. The Morgan fingerprint density at radius 2 is 1.54 bits per heavy atom. The summed E-state index contributed by atoms with van der Waals surface area (Å²) in [5.74, 6) is -0.319. The second-order valence-electron chi connectivity index (χ2n) is 6.42. The van der Waals surface area contributed by atoms with Crippen molar-refractivity contribution in [3.05, 3.63) is 53.3 Å². The van der Waals surface area contributed by atoms with Gasteiger partial charge in [0.2, 0.25) is 10.0 Å². The first-order valence-corrected chi connectivity index (χ1v) is 9.94. The Morgan fingerprint density at radius 1 is 1.04 bits per heavy atom. The fourth-order valence-electron chi connectivity index (χ4n) is 2.56. The van der Waals surface area contributed by atoms with Crippen molar-refractivity contribution < 1.29 is 22.3 Å². The van der Waals surface area contributed by atoms with Crippen LogP contribution in [0.5, 0.6) is 11.5 Å². The fraction of sp³-hybridized carbons (Fsp3) is 0.368. The van der Waals surface area contributed by atoms with Crippen LogP contribution in [0.4, 0.5) is 4.39 Å². The number of rotatable bonds is 8. The third kappa shape index (κ3) is 5.57. The van der Waals surface area contributed by atoms with Gasteiger partial charge in [0, 0.05) is 24.7 Å². The van der Waals surface area contributed by atoms with E-state index in [1.807, 2.05) is 24.3 Å². The molecule has 0 aromatic heterocycles. The first kappa shape index (κ1) is 24.2. The number of methoxy groups -OCH3 is 2. The van der Waals surface area contributed by atoms with Gasteiger partial charge in [0.1, 0.15) is 10.7 Å². The average Bonchev–Trinajstić information content (AvgIpc) is 2.65. The van der Waals surface area contributed by atoms with Gasteiger partial charge in [-0.2, -0.15) is 0 Å². The van der Waals surface area contributed by atoms with Crippen molar-refractivity contribution in [2.75, 3.05) is 20.8 Å². The van der Waals surface area contributed by atoms with Crippen LogP contribution in [-0.2, 0) is 10.0 Å². The summed E-state index contributed by atoms with van der Waals surface area (Å²) in [5, 5.41) is 0. The molecule has 0 saturated carbocycles. The van der Waals surface area contributed by atoms with Crippen molar-refractivity contribution >= 4 is 22.4 Å². The predicted molar refractivity (Wildman–Crippen MR) is 109 cm³/mol. The van der Waals surface area contributed by atoms with E-state index in [-0.39, 0.29) is 30.5 Å². The van der Waals surface area contributed by atoms with Crippen molar-refractivity contribution in [2.45, 2.75) is 30.7 Å². The highest BCUT2D eigenvalue weighted by atomic mass is 35.5. The zero-order valence-corrected chi connectivity index (χ0v) is 17.9. The van der Waals surface area contributed by atoms with E-state index in [1.54, 1.807) is 0 Å². The molecule has 28 heavy (non-hydrogen) atoms. The van der Waals surface area contributed by atoms with Crippen LogP contribution < -0.4 is 19.9 Å². The summed E-state index contributed by atoms with van der Waals surface area (Å²) in [6, 6.07) is 9.14. The van der Waals surface area contributed by atoms with Crippen LogP contribution in [0.15, 0.2) is 41.3 Å². The van der Waals surface area contributed by atoms with Crippen molar-refractivity contribution in [1.82, 2.24) is 4.72 Å². The minimum absolute atomic E-state index is 0. The molecule has 9 heteroatoms. The number of ether oxygens (including phenoxy) is 2. The topological polar surface area (TPSA) is 90.7 Å². The van der Waals surface area contributed by atoms with E-state index < -0.39 is 26.8 Å². The van der Waals surface area contributed by atoms with Gasteiger partial charge in [-0.05, 0) is 17.0 Å². The summed E-state index contributed by atoms with van der Waals surface area (Å²) >= 11 is 0. The fourth-order valence-corrected chi connectivity index (χ4v) is 3.70. The molecule has 0 aliphatic rings. The van der Waals surface area contributed by atoms with Crippen LogP contribution in [0.2, 0.25) is 0 Å². The van der Waals surface area contributed by atoms with Crippen molar-refractivity contribution in [2.24, 2.45) is 5.73 Å². The lowest BCUT2D eigenvalue weighted by Crippen LogP contribution is -2.32. The Kier molecular flexibility index (Phi) is 8.69. The number of sulfonamides is 1. The maximum atomic E-state index is 14.2. The Labute approximate surface area is 171 Å². The van der Waals surface area contributed by atoms with Crippen molar-refractivity contribution in [3.8, 4) is 11.5 Å². The Balaban J connectivity index is 0.00000392. The monoisotopic (exact) mass is 432 g/mol. The molecular formula is C19H26ClFN2O4S. The highest BCUT2D eigenvalue weighted by Gasteiger charge is 2.23. The quantitative estimate of drug-likeness (QED) is 0.667. The number of nitrogens with two attached hydrogens (primary N) is 1. The molecule has 1 atom stereocenters. The largest absolute Gasteiger partial charge is 0.493 e. The third-order valence-corrected chi connectivity index (χ3v) is 5.69. The molecule has 2 aromatic carbocycles. The van der Waals surface area contributed by atoms with Crippen LogP contribution in [-0.4, -0.2) is 29.2 Å². The molecule has 0 spiro atoms. The molecule has 3 N–H and O–H groups in total. The van der Waals surface area contributed by atoms with E-state index in [4.69, 9.17) is 15.2 Å². The third-order valence-electron chi connectivity index (χ3n) is 4.25. The van der Waals surface area contributed by atoms with Crippen molar-refractivity contribution in [1.29, 1.82) is 0 Å². The summed E-state index contributed by atoms with van der Waals surface area (Å²) in [6.45, 7) is 4.10. The zero-order chi connectivity index (χ0) is 20.2. The minimum atomic E-state index is -4.11. The first-order chi connectivity index (χ1) is 12.7.